The van der Waals surface area contributed by atoms with Crippen LogP contribution in [0, 0.1) is 10.1 Å². The van der Waals surface area contributed by atoms with Crippen molar-refractivity contribution in [1.29, 1.82) is 0 Å². The molecule has 0 aliphatic carbocycles. The fraction of sp³-hybridized carbons (Fsp3) is 0.545. The molecule has 0 aliphatic heterocycles. The number of anilines is 1. The molecular weight excluding hydrogens is 222 g/mol. The van der Waals surface area contributed by atoms with Gasteiger partial charge in [0.15, 0.2) is 6.20 Å². The summed E-state index contributed by atoms with van der Waals surface area (Å²) in [5.41, 5.74) is 0.861. The third kappa shape index (κ3) is 4.36. The molecule has 0 bridgehead atoms. The molecule has 0 fully saturated rings. The maximum absolute atomic E-state index is 10.4. The fourth-order valence-corrected chi connectivity index (χ4v) is 1.48. The molecule has 1 heterocycles. The molecule has 1 aromatic rings. The van der Waals surface area contributed by atoms with Gasteiger partial charge in [-0.25, -0.2) is 0 Å². The Balaban J connectivity index is 2.46. The first kappa shape index (κ1) is 13.4. The number of nitro groups is 1. The molecule has 0 aliphatic rings. The highest BCUT2D eigenvalue weighted by Gasteiger charge is 2.08. The molecule has 0 saturated heterocycles. The summed E-state index contributed by atoms with van der Waals surface area (Å²) in [6.45, 7) is 1.07. The van der Waals surface area contributed by atoms with Gasteiger partial charge in [-0.15, -0.1) is 0 Å². The van der Waals surface area contributed by atoms with Gasteiger partial charge in [0.25, 0.3) is 0 Å². The Labute approximate surface area is 100 Å². The molecule has 0 saturated carbocycles. The predicted octanol–water partition coefficient (Wildman–Crippen LogP) is 1.59. The lowest BCUT2D eigenvalue weighted by atomic mass is 10.2. The Hall–Kier alpha value is -1.69. The normalized spacial score (nSPS) is 10.2. The average Bonchev–Trinajstić information content (AvgIpc) is 2.34. The molecule has 0 radical (unpaired) electrons. The van der Waals surface area contributed by atoms with Crippen LogP contribution in [-0.2, 0) is 0 Å². The van der Waals surface area contributed by atoms with Crippen molar-refractivity contribution in [2.45, 2.75) is 19.3 Å². The number of nitrogens with zero attached hydrogens (tertiary/aromatic N) is 3. The van der Waals surface area contributed by atoms with Crippen molar-refractivity contribution in [2.24, 2.45) is 0 Å². The van der Waals surface area contributed by atoms with Crippen LogP contribution in [0.15, 0.2) is 18.3 Å². The Morgan fingerprint density at radius 2 is 2.18 bits per heavy atom. The third-order valence-electron chi connectivity index (χ3n) is 2.51. The van der Waals surface area contributed by atoms with E-state index in [1.165, 1.54) is 12.3 Å². The van der Waals surface area contributed by atoms with E-state index in [0.717, 1.165) is 31.5 Å². The van der Waals surface area contributed by atoms with Crippen molar-refractivity contribution < 1.29 is 10.0 Å². The van der Waals surface area contributed by atoms with Crippen molar-refractivity contribution in [3.05, 3.63) is 28.4 Å². The van der Waals surface area contributed by atoms with Crippen LogP contribution >= 0.6 is 0 Å². The van der Waals surface area contributed by atoms with Crippen molar-refractivity contribution in [1.82, 2.24) is 4.98 Å². The highest BCUT2D eigenvalue weighted by Crippen LogP contribution is 2.15. The van der Waals surface area contributed by atoms with Crippen molar-refractivity contribution >= 4 is 11.5 Å². The van der Waals surface area contributed by atoms with Gasteiger partial charge in [0, 0.05) is 26.3 Å². The van der Waals surface area contributed by atoms with Gasteiger partial charge in [0.2, 0.25) is 0 Å². The maximum Gasteiger partial charge on any atom is 0.363 e. The van der Waals surface area contributed by atoms with E-state index in [1.807, 2.05) is 11.9 Å². The third-order valence-corrected chi connectivity index (χ3v) is 2.51. The van der Waals surface area contributed by atoms with Gasteiger partial charge in [-0.1, -0.05) is 0 Å². The van der Waals surface area contributed by atoms with E-state index in [-0.39, 0.29) is 12.4 Å². The topological polar surface area (TPSA) is 79.5 Å². The summed E-state index contributed by atoms with van der Waals surface area (Å²) in [4.78, 5) is 15.7. The van der Waals surface area contributed by atoms with Crippen molar-refractivity contribution in [2.75, 3.05) is 25.1 Å². The van der Waals surface area contributed by atoms with Gasteiger partial charge in [-0.2, -0.15) is 0 Å². The maximum atomic E-state index is 10.4. The number of hydrogen-bond donors (Lipinski definition) is 1. The first-order chi connectivity index (χ1) is 8.15. The Morgan fingerprint density at radius 1 is 1.41 bits per heavy atom. The van der Waals surface area contributed by atoms with Gasteiger partial charge in [-0.3, -0.25) is 0 Å². The lowest BCUT2D eigenvalue weighted by Gasteiger charge is -2.17. The molecule has 1 N–H and O–H groups in total. The molecule has 0 spiro atoms. The van der Waals surface area contributed by atoms with E-state index in [1.54, 1.807) is 6.07 Å². The van der Waals surface area contributed by atoms with E-state index in [9.17, 15) is 10.1 Å². The van der Waals surface area contributed by atoms with Crippen molar-refractivity contribution in [3.63, 3.8) is 0 Å². The number of aliphatic hydroxyl groups excluding tert-OH is 1. The van der Waals surface area contributed by atoms with Crippen LogP contribution in [0.3, 0.4) is 0 Å². The fourth-order valence-electron chi connectivity index (χ4n) is 1.48. The number of hydrogen-bond acceptors (Lipinski definition) is 5. The molecule has 0 aromatic carbocycles. The summed E-state index contributed by atoms with van der Waals surface area (Å²) in [6, 6.07) is 3.09. The molecule has 0 amide bonds. The highest BCUT2D eigenvalue weighted by molar-refractivity contribution is 5.45. The number of unbranched alkanes of at least 4 members (excludes halogenated alkanes) is 2. The molecule has 6 nitrogen and oxygen atoms in total. The van der Waals surface area contributed by atoms with E-state index in [4.69, 9.17) is 5.11 Å². The van der Waals surface area contributed by atoms with Crippen LogP contribution in [0.4, 0.5) is 11.5 Å². The summed E-state index contributed by atoms with van der Waals surface area (Å²) in [5, 5.41) is 19.1. The zero-order valence-corrected chi connectivity index (χ0v) is 9.87. The number of pyridine rings is 1. The minimum atomic E-state index is -0.509. The van der Waals surface area contributed by atoms with Gasteiger partial charge < -0.3 is 20.1 Å². The van der Waals surface area contributed by atoms with E-state index in [0.29, 0.717) is 0 Å². The van der Waals surface area contributed by atoms with E-state index < -0.39 is 4.92 Å². The van der Waals surface area contributed by atoms with Crippen LogP contribution in [0.5, 0.6) is 0 Å². The molecule has 6 heteroatoms. The molecule has 0 unspecified atom stereocenters. The lowest BCUT2D eigenvalue weighted by molar-refractivity contribution is -0.389. The van der Waals surface area contributed by atoms with Crippen molar-refractivity contribution in [3.8, 4) is 0 Å². The summed E-state index contributed by atoms with van der Waals surface area (Å²) in [5.74, 6) is -0.137. The molecular formula is C11H17N3O3. The summed E-state index contributed by atoms with van der Waals surface area (Å²) >= 11 is 0. The zero-order chi connectivity index (χ0) is 12.7. The molecule has 94 valence electrons. The Morgan fingerprint density at radius 3 is 2.71 bits per heavy atom. The SMILES string of the molecule is CN(CCCCCO)c1ccc([N+](=O)[O-])nc1. The van der Waals surface area contributed by atoms with Gasteiger partial charge >= 0.3 is 5.82 Å². The van der Waals surface area contributed by atoms with Gasteiger partial charge in [0.1, 0.15) is 0 Å². The summed E-state index contributed by atoms with van der Waals surface area (Å²) in [6.07, 6.45) is 4.27. The lowest BCUT2D eigenvalue weighted by Crippen LogP contribution is -2.18. The second kappa shape index (κ2) is 6.80. The quantitative estimate of drug-likeness (QED) is 0.444. The monoisotopic (exact) mass is 239 g/mol. The summed E-state index contributed by atoms with van der Waals surface area (Å²) < 4.78 is 0. The van der Waals surface area contributed by atoms with E-state index in [2.05, 4.69) is 4.98 Å². The molecule has 17 heavy (non-hydrogen) atoms. The van der Waals surface area contributed by atoms with Crippen LogP contribution < -0.4 is 4.90 Å². The standard InChI is InChI=1S/C11H17N3O3/c1-13(7-3-2-4-8-15)10-5-6-11(12-9-10)14(16)17/h5-6,9,15H,2-4,7-8H2,1H3. The van der Waals surface area contributed by atoms with Crippen LogP contribution in [0.1, 0.15) is 19.3 Å². The van der Waals surface area contributed by atoms with Crippen LogP contribution in [0.2, 0.25) is 0 Å². The zero-order valence-electron chi connectivity index (χ0n) is 9.87. The number of aromatic nitrogens is 1. The van der Waals surface area contributed by atoms with Gasteiger partial charge in [0.05, 0.1) is 5.69 Å². The van der Waals surface area contributed by atoms with E-state index >= 15 is 0 Å². The smallest absolute Gasteiger partial charge is 0.363 e. The average molecular weight is 239 g/mol. The van der Waals surface area contributed by atoms with Crippen LogP contribution in [-0.4, -0.2) is 35.2 Å². The second-order valence-electron chi connectivity index (χ2n) is 3.84. The highest BCUT2D eigenvalue weighted by atomic mass is 16.6. The predicted molar refractivity (Wildman–Crippen MR) is 65.1 cm³/mol. The molecule has 0 atom stereocenters. The Bertz CT molecular complexity index is 353. The first-order valence-electron chi connectivity index (χ1n) is 5.57. The first-order valence-corrected chi connectivity index (χ1v) is 5.57. The largest absolute Gasteiger partial charge is 0.396 e. The summed E-state index contributed by atoms with van der Waals surface area (Å²) in [7, 11) is 1.92. The minimum absolute atomic E-state index is 0.137. The molecule has 1 rings (SSSR count). The Kier molecular flexibility index (Phi) is 5.35. The second-order valence-corrected chi connectivity index (χ2v) is 3.84. The molecule has 1 aromatic heterocycles. The number of aliphatic hydroxyl groups is 1. The van der Waals surface area contributed by atoms with Crippen LogP contribution in [0.25, 0.3) is 0 Å². The number of rotatable bonds is 7. The van der Waals surface area contributed by atoms with Gasteiger partial charge in [-0.05, 0) is 35.2 Å². The minimum Gasteiger partial charge on any atom is -0.396 e.